The Morgan fingerprint density at radius 1 is 1.57 bits per heavy atom. The highest BCUT2D eigenvalue weighted by molar-refractivity contribution is 5.95. The van der Waals surface area contributed by atoms with Gasteiger partial charge in [-0.3, -0.25) is 4.79 Å². The first-order valence-corrected chi connectivity index (χ1v) is 4.81. The van der Waals surface area contributed by atoms with Gasteiger partial charge in [-0.25, -0.2) is 4.39 Å². The van der Waals surface area contributed by atoms with Gasteiger partial charge >= 0.3 is 0 Å². The Kier molecular flexibility index (Phi) is 2.23. The van der Waals surface area contributed by atoms with Crippen LogP contribution in [0.3, 0.4) is 0 Å². The van der Waals surface area contributed by atoms with Gasteiger partial charge in [-0.1, -0.05) is 13.0 Å². The molecule has 1 aliphatic heterocycles. The smallest absolute Gasteiger partial charge is 0.226 e. The van der Waals surface area contributed by atoms with E-state index in [9.17, 15) is 9.18 Å². The predicted octanol–water partition coefficient (Wildman–Crippen LogP) is 2.12. The normalized spacial score (nSPS) is 14.3. The lowest BCUT2D eigenvalue weighted by atomic mass is 10.2. The molecule has 1 aliphatic rings. The van der Waals surface area contributed by atoms with E-state index in [1.54, 1.807) is 11.0 Å². The summed E-state index contributed by atoms with van der Waals surface area (Å²) in [5.74, 6) is -0.214. The number of halogens is 1. The van der Waals surface area contributed by atoms with Crippen molar-refractivity contribution in [3.05, 3.63) is 29.6 Å². The van der Waals surface area contributed by atoms with E-state index in [2.05, 4.69) is 0 Å². The largest absolute Gasteiger partial charge is 0.312 e. The van der Waals surface area contributed by atoms with Gasteiger partial charge in [-0.2, -0.15) is 0 Å². The van der Waals surface area contributed by atoms with E-state index < -0.39 is 0 Å². The number of amides is 1. The molecule has 2 rings (SSSR count). The van der Waals surface area contributed by atoms with Gasteiger partial charge in [0.05, 0.1) is 0 Å². The maximum Gasteiger partial charge on any atom is 0.226 e. The van der Waals surface area contributed by atoms with Crippen LogP contribution >= 0.6 is 0 Å². The van der Waals surface area contributed by atoms with Crippen molar-refractivity contribution in [1.29, 1.82) is 0 Å². The first-order chi connectivity index (χ1) is 6.72. The van der Waals surface area contributed by atoms with Crippen LogP contribution in [0.5, 0.6) is 0 Å². The molecule has 0 bridgehead atoms. The number of anilines is 1. The van der Waals surface area contributed by atoms with Crippen LogP contribution in [0.4, 0.5) is 10.1 Å². The summed E-state index contributed by atoms with van der Waals surface area (Å²) in [6.07, 6.45) is 1.30. The topological polar surface area (TPSA) is 20.3 Å². The third-order valence-electron chi connectivity index (χ3n) is 2.55. The summed E-state index contributed by atoms with van der Waals surface area (Å²) in [5.41, 5.74) is 1.81. The lowest BCUT2D eigenvalue weighted by Gasteiger charge is -2.15. The molecule has 1 aromatic rings. The fourth-order valence-electron chi connectivity index (χ4n) is 1.80. The summed E-state index contributed by atoms with van der Waals surface area (Å²) in [6.45, 7) is 2.51. The number of benzene rings is 1. The zero-order valence-corrected chi connectivity index (χ0v) is 8.09. The Hall–Kier alpha value is -1.38. The van der Waals surface area contributed by atoms with Gasteiger partial charge in [0, 0.05) is 18.7 Å². The summed E-state index contributed by atoms with van der Waals surface area (Å²) in [6, 6.07) is 4.64. The Morgan fingerprint density at radius 3 is 3.07 bits per heavy atom. The monoisotopic (exact) mass is 193 g/mol. The highest BCUT2D eigenvalue weighted by Crippen LogP contribution is 2.28. The van der Waals surface area contributed by atoms with Crippen LogP contribution in [0.2, 0.25) is 0 Å². The molecule has 0 radical (unpaired) electrons. The Bertz CT molecular complexity index is 376. The Balaban J connectivity index is 2.38. The molecule has 0 atom stereocenters. The minimum atomic E-state index is -0.278. The van der Waals surface area contributed by atoms with Gasteiger partial charge in [0.1, 0.15) is 5.82 Å². The maximum atomic E-state index is 13.0. The summed E-state index contributed by atoms with van der Waals surface area (Å²) in [7, 11) is 0. The van der Waals surface area contributed by atoms with Gasteiger partial charge in [0.2, 0.25) is 5.91 Å². The highest BCUT2D eigenvalue weighted by Gasteiger charge is 2.23. The van der Waals surface area contributed by atoms with Crippen LogP contribution in [-0.2, 0) is 11.2 Å². The first-order valence-electron chi connectivity index (χ1n) is 4.81. The zero-order chi connectivity index (χ0) is 10.1. The van der Waals surface area contributed by atoms with Crippen molar-refractivity contribution in [2.45, 2.75) is 19.8 Å². The molecule has 1 heterocycles. The van der Waals surface area contributed by atoms with Gasteiger partial charge in [-0.15, -0.1) is 0 Å². The quantitative estimate of drug-likeness (QED) is 0.669. The summed E-state index contributed by atoms with van der Waals surface area (Å²) in [4.78, 5) is 13.2. The van der Waals surface area contributed by atoms with E-state index in [-0.39, 0.29) is 11.7 Å². The molecule has 0 saturated heterocycles. The third kappa shape index (κ3) is 1.39. The maximum absolute atomic E-state index is 13.0. The van der Waals surface area contributed by atoms with Crippen LogP contribution in [0.25, 0.3) is 0 Å². The highest BCUT2D eigenvalue weighted by atomic mass is 19.1. The van der Waals surface area contributed by atoms with Crippen LogP contribution in [0, 0.1) is 5.82 Å². The van der Waals surface area contributed by atoms with Crippen molar-refractivity contribution in [3.8, 4) is 0 Å². The summed E-state index contributed by atoms with van der Waals surface area (Å²) < 4.78 is 13.0. The van der Waals surface area contributed by atoms with E-state index >= 15 is 0 Å². The van der Waals surface area contributed by atoms with Crippen molar-refractivity contribution < 1.29 is 9.18 Å². The SMILES string of the molecule is CCC(=O)N1CCc2ccc(F)cc21. The first kappa shape index (κ1) is 9.19. The van der Waals surface area contributed by atoms with Crippen molar-refractivity contribution in [1.82, 2.24) is 0 Å². The van der Waals surface area contributed by atoms with Gasteiger partial charge < -0.3 is 4.90 Å². The van der Waals surface area contributed by atoms with Gasteiger partial charge in [0.15, 0.2) is 0 Å². The molecule has 0 spiro atoms. The molecule has 2 nitrogen and oxygen atoms in total. The molecular weight excluding hydrogens is 181 g/mol. The standard InChI is InChI=1S/C11H12FNO/c1-2-11(14)13-6-5-8-3-4-9(12)7-10(8)13/h3-4,7H,2,5-6H2,1H3. The second-order valence-electron chi connectivity index (χ2n) is 3.42. The molecule has 1 aromatic carbocycles. The van der Waals surface area contributed by atoms with Crippen LogP contribution in [-0.4, -0.2) is 12.5 Å². The predicted molar refractivity (Wildman–Crippen MR) is 52.7 cm³/mol. The molecule has 0 saturated carbocycles. The van der Waals surface area contributed by atoms with Crippen LogP contribution < -0.4 is 4.90 Å². The van der Waals surface area contributed by atoms with Gasteiger partial charge in [0.25, 0.3) is 0 Å². The van der Waals surface area contributed by atoms with E-state index in [0.29, 0.717) is 13.0 Å². The van der Waals surface area contributed by atoms with Crippen molar-refractivity contribution in [2.75, 3.05) is 11.4 Å². The lowest BCUT2D eigenvalue weighted by Crippen LogP contribution is -2.27. The van der Waals surface area contributed by atoms with E-state index in [4.69, 9.17) is 0 Å². The third-order valence-corrected chi connectivity index (χ3v) is 2.55. The number of hydrogen-bond acceptors (Lipinski definition) is 1. The second kappa shape index (κ2) is 3.40. The average Bonchev–Trinajstić information content (AvgIpc) is 2.59. The fourth-order valence-corrected chi connectivity index (χ4v) is 1.80. The number of fused-ring (bicyclic) bond motifs is 1. The number of nitrogens with zero attached hydrogens (tertiary/aromatic N) is 1. The molecule has 3 heteroatoms. The molecule has 0 aliphatic carbocycles. The van der Waals surface area contributed by atoms with Crippen LogP contribution in [0.15, 0.2) is 18.2 Å². The number of rotatable bonds is 1. The second-order valence-corrected chi connectivity index (χ2v) is 3.42. The summed E-state index contributed by atoms with van der Waals surface area (Å²) in [5, 5.41) is 0. The Morgan fingerprint density at radius 2 is 2.36 bits per heavy atom. The van der Waals surface area contributed by atoms with Crippen molar-refractivity contribution in [3.63, 3.8) is 0 Å². The molecule has 0 unspecified atom stereocenters. The van der Waals surface area contributed by atoms with Gasteiger partial charge in [-0.05, 0) is 24.1 Å². The average molecular weight is 193 g/mol. The molecule has 1 amide bonds. The molecule has 0 fully saturated rings. The number of hydrogen-bond donors (Lipinski definition) is 0. The van der Waals surface area contributed by atoms with E-state index in [1.807, 2.05) is 6.92 Å². The zero-order valence-electron chi connectivity index (χ0n) is 8.09. The molecule has 14 heavy (non-hydrogen) atoms. The van der Waals surface area contributed by atoms with Crippen molar-refractivity contribution in [2.24, 2.45) is 0 Å². The fraction of sp³-hybridized carbons (Fsp3) is 0.364. The molecular formula is C11H12FNO. The Labute approximate surface area is 82.3 Å². The molecule has 0 aromatic heterocycles. The minimum absolute atomic E-state index is 0.0642. The summed E-state index contributed by atoms with van der Waals surface area (Å²) >= 11 is 0. The molecule has 0 N–H and O–H groups in total. The lowest BCUT2D eigenvalue weighted by molar-refractivity contribution is -0.118. The van der Waals surface area contributed by atoms with Crippen molar-refractivity contribution >= 4 is 11.6 Å². The number of carbonyl (C=O) groups is 1. The van der Waals surface area contributed by atoms with E-state index in [0.717, 1.165) is 17.7 Å². The number of carbonyl (C=O) groups excluding carboxylic acids is 1. The minimum Gasteiger partial charge on any atom is -0.312 e. The van der Waals surface area contributed by atoms with E-state index in [1.165, 1.54) is 12.1 Å². The molecule has 74 valence electrons. The van der Waals surface area contributed by atoms with Crippen LogP contribution in [0.1, 0.15) is 18.9 Å².